The van der Waals surface area contributed by atoms with Gasteiger partial charge in [-0.15, -0.1) is 0 Å². The zero-order valence-electron chi connectivity index (χ0n) is 7.80. The third kappa shape index (κ3) is 0.752. The van der Waals surface area contributed by atoms with E-state index in [1.807, 2.05) is 0 Å². The van der Waals surface area contributed by atoms with Crippen LogP contribution in [0, 0.1) is 23.2 Å². The Labute approximate surface area is 69.4 Å². The lowest BCUT2D eigenvalue weighted by atomic mass is 9.43. The standard InChI is InChI=1S/C10H19N/c1-6-4-5-7-9(11)8(6)10(7,2)3/h6-9H,4-5,11H2,1-3H3. The molecule has 3 aliphatic carbocycles. The molecule has 0 heterocycles. The van der Waals surface area contributed by atoms with Crippen molar-refractivity contribution in [2.45, 2.75) is 39.7 Å². The molecule has 3 aliphatic rings. The normalized spacial score (nSPS) is 53.5. The van der Waals surface area contributed by atoms with Gasteiger partial charge in [0.2, 0.25) is 0 Å². The molecule has 0 aliphatic heterocycles. The maximum Gasteiger partial charge on any atom is 0.0109 e. The minimum absolute atomic E-state index is 0.522. The van der Waals surface area contributed by atoms with Gasteiger partial charge in [0.05, 0.1) is 0 Å². The van der Waals surface area contributed by atoms with Crippen LogP contribution in [0.5, 0.6) is 0 Å². The molecular formula is C10H19N. The van der Waals surface area contributed by atoms with Gasteiger partial charge in [-0.1, -0.05) is 27.2 Å². The lowest BCUT2D eigenvalue weighted by Gasteiger charge is -2.63. The molecule has 0 saturated heterocycles. The highest BCUT2D eigenvalue weighted by Gasteiger charge is 2.58. The first kappa shape index (κ1) is 7.60. The Morgan fingerprint density at radius 2 is 1.91 bits per heavy atom. The summed E-state index contributed by atoms with van der Waals surface area (Å²) in [7, 11) is 0. The largest absolute Gasteiger partial charge is 0.327 e. The van der Waals surface area contributed by atoms with E-state index in [0.717, 1.165) is 17.8 Å². The number of hydrogen-bond donors (Lipinski definition) is 1. The molecule has 2 bridgehead atoms. The SMILES string of the molecule is CC1CCC2C(N)C1C2(C)C. The van der Waals surface area contributed by atoms with Gasteiger partial charge in [0, 0.05) is 6.04 Å². The second-order valence-electron chi connectivity index (χ2n) is 5.09. The summed E-state index contributed by atoms with van der Waals surface area (Å²) in [6, 6.07) is 0.522. The van der Waals surface area contributed by atoms with Crippen molar-refractivity contribution in [3.05, 3.63) is 0 Å². The van der Waals surface area contributed by atoms with Crippen molar-refractivity contribution in [2.24, 2.45) is 28.9 Å². The number of rotatable bonds is 0. The van der Waals surface area contributed by atoms with Crippen LogP contribution in [-0.2, 0) is 0 Å². The highest BCUT2D eigenvalue weighted by molar-refractivity contribution is 5.10. The monoisotopic (exact) mass is 153 g/mol. The molecule has 64 valence electrons. The summed E-state index contributed by atoms with van der Waals surface area (Å²) in [5.41, 5.74) is 6.65. The van der Waals surface area contributed by atoms with Crippen molar-refractivity contribution >= 4 is 0 Å². The van der Waals surface area contributed by atoms with Gasteiger partial charge in [-0.2, -0.15) is 0 Å². The quantitative estimate of drug-likeness (QED) is 0.566. The fourth-order valence-electron chi connectivity index (χ4n) is 3.67. The van der Waals surface area contributed by atoms with Crippen LogP contribution in [0.3, 0.4) is 0 Å². The Bertz CT molecular complexity index is 170. The molecule has 0 amide bonds. The van der Waals surface area contributed by atoms with E-state index in [1.165, 1.54) is 12.8 Å². The lowest BCUT2D eigenvalue weighted by molar-refractivity contribution is -0.121. The van der Waals surface area contributed by atoms with Crippen molar-refractivity contribution in [3.8, 4) is 0 Å². The van der Waals surface area contributed by atoms with Crippen molar-refractivity contribution < 1.29 is 0 Å². The van der Waals surface area contributed by atoms with Crippen molar-refractivity contribution in [3.63, 3.8) is 0 Å². The van der Waals surface area contributed by atoms with Crippen molar-refractivity contribution in [1.29, 1.82) is 0 Å². The first-order valence-corrected chi connectivity index (χ1v) is 4.80. The smallest absolute Gasteiger partial charge is 0.0109 e. The Kier molecular flexibility index (Phi) is 1.39. The van der Waals surface area contributed by atoms with Gasteiger partial charge in [-0.3, -0.25) is 0 Å². The summed E-state index contributed by atoms with van der Waals surface area (Å²) in [5, 5.41) is 0. The van der Waals surface area contributed by atoms with Crippen LogP contribution in [0.15, 0.2) is 0 Å². The van der Waals surface area contributed by atoms with E-state index in [1.54, 1.807) is 0 Å². The second kappa shape index (κ2) is 2.01. The summed E-state index contributed by atoms with van der Waals surface area (Å²) >= 11 is 0. The molecule has 3 fully saturated rings. The first-order valence-electron chi connectivity index (χ1n) is 4.80. The van der Waals surface area contributed by atoms with Gasteiger partial charge in [0.1, 0.15) is 0 Å². The number of nitrogens with two attached hydrogens (primary N) is 1. The fraction of sp³-hybridized carbons (Fsp3) is 1.00. The zero-order chi connectivity index (χ0) is 8.22. The topological polar surface area (TPSA) is 26.0 Å². The highest BCUT2D eigenvalue weighted by atomic mass is 14.8. The Morgan fingerprint density at radius 3 is 2.18 bits per heavy atom. The lowest BCUT2D eigenvalue weighted by Crippen LogP contribution is -2.66. The van der Waals surface area contributed by atoms with Crippen LogP contribution in [0.2, 0.25) is 0 Å². The molecule has 2 N–H and O–H groups in total. The molecule has 0 aromatic rings. The van der Waals surface area contributed by atoms with Crippen LogP contribution < -0.4 is 5.73 Å². The zero-order valence-corrected chi connectivity index (χ0v) is 7.80. The minimum Gasteiger partial charge on any atom is -0.327 e. The third-order valence-electron chi connectivity index (χ3n) is 4.24. The van der Waals surface area contributed by atoms with Crippen LogP contribution in [0.4, 0.5) is 0 Å². The predicted octanol–water partition coefficient (Wildman–Crippen LogP) is 2.02. The first-order chi connectivity index (χ1) is 5.05. The van der Waals surface area contributed by atoms with Gasteiger partial charge >= 0.3 is 0 Å². The van der Waals surface area contributed by atoms with Crippen molar-refractivity contribution in [2.75, 3.05) is 0 Å². The summed E-state index contributed by atoms with van der Waals surface area (Å²) in [6.45, 7) is 7.14. The molecule has 4 unspecified atom stereocenters. The maximum absolute atomic E-state index is 6.09. The van der Waals surface area contributed by atoms with E-state index >= 15 is 0 Å². The van der Waals surface area contributed by atoms with Gasteiger partial charge in [-0.25, -0.2) is 0 Å². The summed E-state index contributed by atoms with van der Waals surface area (Å²) in [5.74, 6) is 2.50. The molecule has 3 saturated carbocycles. The average molecular weight is 153 g/mol. The van der Waals surface area contributed by atoms with Crippen LogP contribution in [0.25, 0.3) is 0 Å². The Morgan fingerprint density at radius 1 is 1.27 bits per heavy atom. The van der Waals surface area contributed by atoms with E-state index in [4.69, 9.17) is 5.73 Å². The van der Waals surface area contributed by atoms with Crippen LogP contribution in [0.1, 0.15) is 33.6 Å². The molecule has 4 atom stereocenters. The molecular weight excluding hydrogens is 134 g/mol. The average Bonchev–Trinajstić information content (AvgIpc) is 1.85. The molecule has 1 nitrogen and oxygen atoms in total. The molecule has 0 radical (unpaired) electrons. The Balaban J connectivity index is 2.21. The van der Waals surface area contributed by atoms with Gasteiger partial charge in [-0.05, 0) is 29.6 Å². The molecule has 0 spiro atoms. The van der Waals surface area contributed by atoms with Crippen molar-refractivity contribution in [1.82, 2.24) is 0 Å². The summed E-state index contributed by atoms with van der Waals surface area (Å²) in [6.07, 6.45) is 2.78. The summed E-state index contributed by atoms with van der Waals surface area (Å²) in [4.78, 5) is 0. The van der Waals surface area contributed by atoms with E-state index in [0.29, 0.717) is 11.5 Å². The van der Waals surface area contributed by atoms with E-state index < -0.39 is 0 Å². The number of hydrogen-bond acceptors (Lipinski definition) is 1. The molecule has 0 aromatic heterocycles. The maximum atomic E-state index is 6.09. The Hall–Kier alpha value is -0.0400. The molecule has 1 heteroatoms. The van der Waals surface area contributed by atoms with Gasteiger partial charge in [0.15, 0.2) is 0 Å². The minimum atomic E-state index is 0.522. The van der Waals surface area contributed by atoms with Crippen LogP contribution in [-0.4, -0.2) is 6.04 Å². The van der Waals surface area contributed by atoms with Crippen LogP contribution >= 0.6 is 0 Å². The molecule has 3 rings (SSSR count). The highest BCUT2D eigenvalue weighted by Crippen LogP contribution is 2.60. The predicted molar refractivity (Wildman–Crippen MR) is 47.1 cm³/mol. The summed E-state index contributed by atoms with van der Waals surface area (Å²) < 4.78 is 0. The van der Waals surface area contributed by atoms with Gasteiger partial charge < -0.3 is 5.73 Å². The third-order valence-corrected chi connectivity index (χ3v) is 4.24. The second-order valence-corrected chi connectivity index (χ2v) is 5.09. The van der Waals surface area contributed by atoms with E-state index in [-0.39, 0.29) is 0 Å². The number of fused-ring (bicyclic) bond motifs is 2. The molecule has 0 aromatic carbocycles. The fourth-order valence-corrected chi connectivity index (χ4v) is 3.67. The van der Waals surface area contributed by atoms with Gasteiger partial charge in [0.25, 0.3) is 0 Å². The van der Waals surface area contributed by atoms with E-state index in [9.17, 15) is 0 Å². The molecule has 11 heavy (non-hydrogen) atoms. The van der Waals surface area contributed by atoms with E-state index in [2.05, 4.69) is 20.8 Å².